The Morgan fingerprint density at radius 2 is 2.12 bits per heavy atom. The van der Waals surface area contributed by atoms with Crippen molar-refractivity contribution in [2.75, 3.05) is 18.1 Å². The van der Waals surface area contributed by atoms with Crippen molar-refractivity contribution in [1.82, 2.24) is 9.97 Å². The van der Waals surface area contributed by atoms with Crippen LogP contribution in [0.1, 0.15) is 50.4 Å². The van der Waals surface area contributed by atoms with Gasteiger partial charge in [-0.05, 0) is 18.6 Å². The molecule has 2 rings (SSSR count). The van der Waals surface area contributed by atoms with Gasteiger partial charge in [-0.1, -0.05) is 20.8 Å². The first-order valence-corrected chi connectivity index (χ1v) is 7.24. The van der Waals surface area contributed by atoms with E-state index in [2.05, 4.69) is 37.1 Å². The summed E-state index contributed by atoms with van der Waals surface area (Å²) >= 11 is 1.98. The zero-order valence-electron chi connectivity index (χ0n) is 11.1. The molecule has 0 saturated carbocycles. The number of hydrogen-bond donors (Lipinski definition) is 1. The lowest BCUT2D eigenvalue weighted by atomic mass is 9.92. The van der Waals surface area contributed by atoms with Gasteiger partial charge in [0, 0.05) is 18.5 Å². The van der Waals surface area contributed by atoms with Crippen molar-refractivity contribution in [1.29, 1.82) is 0 Å². The Hall–Kier alpha value is -0.770. The van der Waals surface area contributed by atoms with E-state index in [9.17, 15) is 0 Å². The highest BCUT2D eigenvalue weighted by molar-refractivity contribution is 7.99. The first-order valence-electron chi connectivity index (χ1n) is 6.19. The van der Waals surface area contributed by atoms with Gasteiger partial charge in [0.25, 0.3) is 0 Å². The Balaban J connectivity index is 2.38. The highest BCUT2D eigenvalue weighted by atomic mass is 32.2. The highest BCUT2D eigenvalue weighted by Crippen LogP contribution is 2.39. The zero-order chi connectivity index (χ0) is 12.5. The van der Waals surface area contributed by atoms with Gasteiger partial charge in [0.15, 0.2) is 0 Å². The van der Waals surface area contributed by atoms with E-state index in [0.29, 0.717) is 5.25 Å². The van der Waals surface area contributed by atoms with Crippen LogP contribution in [-0.4, -0.2) is 22.8 Å². The van der Waals surface area contributed by atoms with Gasteiger partial charge in [0.2, 0.25) is 0 Å². The molecule has 1 aliphatic rings. The Morgan fingerprint density at radius 3 is 2.65 bits per heavy atom. The van der Waals surface area contributed by atoms with E-state index in [-0.39, 0.29) is 5.41 Å². The van der Waals surface area contributed by atoms with Gasteiger partial charge < -0.3 is 5.32 Å². The minimum Gasteiger partial charge on any atom is -0.373 e. The molecule has 1 saturated heterocycles. The van der Waals surface area contributed by atoms with Crippen molar-refractivity contribution >= 4 is 17.6 Å². The second-order valence-corrected chi connectivity index (χ2v) is 6.81. The summed E-state index contributed by atoms with van der Waals surface area (Å²) in [6.45, 7) is 6.58. The summed E-state index contributed by atoms with van der Waals surface area (Å²) in [6, 6.07) is 2.06. The van der Waals surface area contributed by atoms with Crippen LogP contribution >= 0.6 is 11.8 Å². The molecule has 4 heteroatoms. The first kappa shape index (κ1) is 12.7. The van der Waals surface area contributed by atoms with Gasteiger partial charge in [-0.2, -0.15) is 11.8 Å². The van der Waals surface area contributed by atoms with Crippen LogP contribution in [0.4, 0.5) is 5.82 Å². The van der Waals surface area contributed by atoms with E-state index in [0.717, 1.165) is 17.3 Å². The van der Waals surface area contributed by atoms with Crippen molar-refractivity contribution < 1.29 is 0 Å². The summed E-state index contributed by atoms with van der Waals surface area (Å²) < 4.78 is 0. The molecule has 94 valence electrons. The average Bonchev–Trinajstić information content (AvgIpc) is 2.80. The van der Waals surface area contributed by atoms with Crippen LogP contribution in [0, 0.1) is 0 Å². The Kier molecular flexibility index (Phi) is 3.61. The van der Waals surface area contributed by atoms with E-state index in [4.69, 9.17) is 4.98 Å². The van der Waals surface area contributed by atoms with Crippen molar-refractivity contribution in [3.05, 3.63) is 17.6 Å². The third kappa shape index (κ3) is 2.92. The molecular weight excluding hydrogens is 230 g/mol. The van der Waals surface area contributed by atoms with Crippen molar-refractivity contribution in [2.45, 2.75) is 44.3 Å². The fraction of sp³-hybridized carbons (Fsp3) is 0.692. The van der Waals surface area contributed by atoms with Crippen LogP contribution in [0.5, 0.6) is 0 Å². The molecule has 2 heterocycles. The fourth-order valence-electron chi connectivity index (χ4n) is 1.90. The van der Waals surface area contributed by atoms with Crippen LogP contribution < -0.4 is 5.32 Å². The van der Waals surface area contributed by atoms with E-state index in [1.807, 2.05) is 18.8 Å². The highest BCUT2D eigenvalue weighted by Gasteiger charge is 2.24. The lowest BCUT2D eigenvalue weighted by molar-refractivity contribution is 0.561. The predicted octanol–water partition coefficient (Wildman–Crippen LogP) is 3.38. The average molecular weight is 251 g/mol. The topological polar surface area (TPSA) is 37.8 Å². The molecule has 1 aromatic heterocycles. The van der Waals surface area contributed by atoms with Crippen LogP contribution in [0.3, 0.4) is 0 Å². The quantitative estimate of drug-likeness (QED) is 0.874. The SMILES string of the molecule is CNc1cc(C(C)(C)C)nc(C2CCCS2)n1. The molecule has 3 nitrogen and oxygen atoms in total. The molecular formula is C13H21N3S. The number of hydrogen-bond acceptors (Lipinski definition) is 4. The molecule has 0 radical (unpaired) electrons. The summed E-state index contributed by atoms with van der Waals surface area (Å²) in [4.78, 5) is 9.37. The van der Waals surface area contributed by atoms with Gasteiger partial charge >= 0.3 is 0 Å². The molecule has 1 aromatic rings. The van der Waals surface area contributed by atoms with E-state index in [1.54, 1.807) is 0 Å². The van der Waals surface area contributed by atoms with Crippen LogP contribution in [-0.2, 0) is 5.41 Å². The number of nitrogens with zero attached hydrogens (tertiary/aromatic N) is 2. The second-order valence-electron chi connectivity index (χ2n) is 5.50. The van der Waals surface area contributed by atoms with Gasteiger partial charge in [-0.25, -0.2) is 9.97 Å². The number of rotatable bonds is 2. The smallest absolute Gasteiger partial charge is 0.143 e. The van der Waals surface area contributed by atoms with Crippen molar-refractivity contribution in [3.8, 4) is 0 Å². The molecule has 1 unspecified atom stereocenters. The van der Waals surface area contributed by atoms with Gasteiger partial charge in [-0.3, -0.25) is 0 Å². The molecule has 0 bridgehead atoms. The maximum Gasteiger partial charge on any atom is 0.143 e. The third-order valence-electron chi connectivity index (χ3n) is 2.99. The van der Waals surface area contributed by atoms with E-state index >= 15 is 0 Å². The van der Waals surface area contributed by atoms with E-state index in [1.165, 1.54) is 18.6 Å². The molecule has 1 fully saturated rings. The molecule has 1 atom stereocenters. The maximum absolute atomic E-state index is 4.76. The molecule has 0 amide bonds. The zero-order valence-corrected chi connectivity index (χ0v) is 11.9. The summed E-state index contributed by atoms with van der Waals surface area (Å²) in [5.41, 5.74) is 1.20. The Labute approximate surface area is 108 Å². The van der Waals surface area contributed by atoms with Crippen molar-refractivity contribution in [3.63, 3.8) is 0 Å². The Morgan fingerprint density at radius 1 is 1.35 bits per heavy atom. The summed E-state index contributed by atoms with van der Waals surface area (Å²) in [6.07, 6.45) is 2.49. The standard InChI is InChI=1S/C13H21N3S/c1-13(2,3)10-8-11(14-4)16-12(15-10)9-6-5-7-17-9/h8-9H,5-7H2,1-4H3,(H,14,15,16). The van der Waals surface area contributed by atoms with Crippen LogP contribution in [0.15, 0.2) is 6.07 Å². The first-order chi connectivity index (χ1) is 8.00. The predicted molar refractivity (Wildman–Crippen MR) is 74.7 cm³/mol. The van der Waals surface area contributed by atoms with Gasteiger partial charge in [-0.15, -0.1) is 0 Å². The monoisotopic (exact) mass is 251 g/mol. The number of anilines is 1. The van der Waals surface area contributed by atoms with Crippen LogP contribution in [0.2, 0.25) is 0 Å². The molecule has 0 spiro atoms. The third-order valence-corrected chi connectivity index (χ3v) is 4.36. The lowest BCUT2D eigenvalue weighted by Gasteiger charge is -2.20. The minimum absolute atomic E-state index is 0.0760. The fourth-order valence-corrected chi connectivity index (χ4v) is 3.11. The Bertz CT molecular complexity index is 392. The molecule has 1 aliphatic heterocycles. The van der Waals surface area contributed by atoms with Crippen molar-refractivity contribution in [2.24, 2.45) is 0 Å². The normalized spacial score (nSPS) is 20.6. The lowest BCUT2D eigenvalue weighted by Crippen LogP contribution is -2.17. The van der Waals surface area contributed by atoms with Gasteiger partial charge in [0.05, 0.1) is 10.9 Å². The van der Waals surface area contributed by atoms with E-state index < -0.39 is 0 Å². The summed E-state index contributed by atoms with van der Waals surface area (Å²) in [7, 11) is 1.92. The minimum atomic E-state index is 0.0760. The second kappa shape index (κ2) is 4.84. The molecule has 17 heavy (non-hydrogen) atoms. The number of aromatic nitrogens is 2. The van der Waals surface area contributed by atoms with Gasteiger partial charge in [0.1, 0.15) is 11.6 Å². The molecule has 1 N–H and O–H groups in total. The van der Waals surface area contributed by atoms with Crippen LogP contribution in [0.25, 0.3) is 0 Å². The number of nitrogens with one attached hydrogen (secondary N) is 1. The number of thioether (sulfide) groups is 1. The molecule has 0 aromatic carbocycles. The summed E-state index contributed by atoms with van der Waals surface area (Å²) in [5.74, 6) is 3.18. The summed E-state index contributed by atoms with van der Waals surface area (Å²) in [5, 5.41) is 3.63. The largest absolute Gasteiger partial charge is 0.373 e. The molecule has 0 aliphatic carbocycles. The maximum atomic E-state index is 4.76.